The lowest BCUT2D eigenvalue weighted by Crippen LogP contribution is -2.14. The Hall–Kier alpha value is -3.16. The van der Waals surface area contributed by atoms with E-state index in [2.05, 4.69) is 10.3 Å². The molecule has 1 aromatic heterocycles. The van der Waals surface area contributed by atoms with Crippen molar-refractivity contribution >= 4 is 40.8 Å². The van der Waals surface area contributed by atoms with Crippen LogP contribution >= 0.6 is 23.2 Å². The summed E-state index contributed by atoms with van der Waals surface area (Å²) >= 11 is 12.1. The van der Waals surface area contributed by atoms with Crippen LogP contribution in [-0.2, 0) is 0 Å². The molecule has 1 amide bonds. The van der Waals surface area contributed by atoms with Gasteiger partial charge in [0.15, 0.2) is 0 Å². The van der Waals surface area contributed by atoms with Gasteiger partial charge in [0, 0.05) is 18.0 Å². The molecule has 148 valence electrons. The summed E-state index contributed by atoms with van der Waals surface area (Å²) in [6, 6.07) is 9.29. The van der Waals surface area contributed by atoms with Gasteiger partial charge in [-0.15, -0.1) is 0 Å². The van der Waals surface area contributed by atoms with Crippen molar-refractivity contribution in [3.8, 4) is 11.5 Å². The largest absolute Gasteiger partial charge is 0.477 e. The van der Waals surface area contributed by atoms with Crippen molar-refractivity contribution in [3.05, 3.63) is 81.3 Å². The number of ether oxygens (including phenoxy) is 1. The van der Waals surface area contributed by atoms with E-state index in [1.165, 1.54) is 48.7 Å². The fraction of sp³-hybridized carbons (Fsp3) is 0.0500. The molecule has 6 nitrogen and oxygen atoms in total. The van der Waals surface area contributed by atoms with Crippen molar-refractivity contribution in [2.45, 2.75) is 6.92 Å². The molecule has 0 aliphatic heterocycles. The van der Waals surface area contributed by atoms with Gasteiger partial charge in [-0.25, -0.2) is 14.2 Å². The van der Waals surface area contributed by atoms with E-state index in [4.69, 9.17) is 33.0 Å². The van der Waals surface area contributed by atoms with Gasteiger partial charge in [-0.3, -0.25) is 4.79 Å². The summed E-state index contributed by atoms with van der Waals surface area (Å²) in [5, 5.41) is 11.9. The van der Waals surface area contributed by atoms with E-state index in [0.29, 0.717) is 11.3 Å². The van der Waals surface area contributed by atoms with E-state index in [0.717, 1.165) is 0 Å². The van der Waals surface area contributed by atoms with Crippen LogP contribution in [0, 0.1) is 12.7 Å². The Labute approximate surface area is 174 Å². The number of nitrogens with one attached hydrogen (secondary N) is 1. The van der Waals surface area contributed by atoms with Gasteiger partial charge >= 0.3 is 5.97 Å². The number of aryl methyl sites for hydroxylation is 1. The Kier molecular flexibility index (Phi) is 6.00. The topological polar surface area (TPSA) is 88.5 Å². The zero-order chi connectivity index (χ0) is 21.1. The van der Waals surface area contributed by atoms with Crippen molar-refractivity contribution < 1.29 is 23.8 Å². The van der Waals surface area contributed by atoms with Gasteiger partial charge in [-0.05, 0) is 48.9 Å². The van der Waals surface area contributed by atoms with E-state index in [1.807, 2.05) is 0 Å². The standard InChI is InChI=1S/C20H13Cl2FN2O4/c1-10-6-11(23)2-3-17(10)29-18-9-15(22)14(21)8-13(18)19(26)25-12-4-5-24-16(7-12)20(27)28/h2-9H,1H3,(H,27,28)(H,24,25,26). The van der Waals surface area contributed by atoms with Crippen molar-refractivity contribution in [1.29, 1.82) is 0 Å². The number of carboxylic acids is 1. The van der Waals surface area contributed by atoms with Crippen LogP contribution in [0.25, 0.3) is 0 Å². The number of halogens is 3. The number of nitrogens with zero attached hydrogens (tertiary/aromatic N) is 1. The maximum atomic E-state index is 13.3. The van der Waals surface area contributed by atoms with Crippen LogP contribution in [0.5, 0.6) is 11.5 Å². The van der Waals surface area contributed by atoms with Crippen molar-refractivity contribution in [3.63, 3.8) is 0 Å². The first kappa shape index (κ1) is 20.6. The Morgan fingerprint density at radius 2 is 1.79 bits per heavy atom. The fourth-order valence-corrected chi connectivity index (χ4v) is 2.78. The molecule has 0 bridgehead atoms. The Morgan fingerprint density at radius 3 is 2.48 bits per heavy atom. The molecule has 9 heteroatoms. The fourth-order valence-electron chi connectivity index (χ4n) is 2.46. The average Bonchev–Trinajstić information content (AvgIpc) is 2.66. The highest BCUT2D eigenvalue weighted by molar-refractivity contribution is 6.42. The number of benzene rings is 2. The van der Waals surface area contributed by atoms with Gasteiger partial charge in [0.05, 0.1) is 15.6 Å². The number of carbonyl (C=O) groups is 2. The number of aromatic nitrogens is 1. The zero-order valence-electron chi connectivity index (χ0n) is 14.9. The highest BCUT2D eigenvalue weighted by atomic mass is 35.5. The summed E-state index contributed by atoms with van der Waals surface area (Å²) in [7, 11) is 0. The minimum Gasteiger partial charge on any atom is -0.477 e. The molecule has 0 unspecified atom stereocenters. The lowest BCUT2D eigenvalue weighted by Gasteiger charge is -2.14. The molecule has 0 atom stereocenters. The van der Waals surface area contributed by atoms with E-state index in [-0.39, 0.29) is 32.7 Å². The summed E-state index contributed by atoms with van der Waals surface area (Å²) in [5.74, 6) is -1.84. The van der Waals surface area contributed by atoms with Crippen LogP contribution < -0.4 is 10.1 Å². The SMILES string of the molecule is Cc1cc(F)ccc1Oc1cc(Cl)c(Cl)cc1C(=O)Nc1ccnc(C(=O)O)c1. The van der Waals surface area contributed by atoms with Gasteiger partial charge in [0.2, 0.25) is 0 Å². The summed E-state index contributed by atoms with van der Waals surface area (Å²) in [6.45, 7) is 1.65. The number of hydrogen-bond donors (Lipinski definition) is 2. The van der Waals surface area contributed by atoms with Gasteiger partial charge in [-0.1, -0.05) is 23.2 Å². The lowest BCUT2D eigenvalue weighted by molar-refractivity contribution is 0.0690. The summed E-state index contributed by atoms with van der Waals surface area (Å²) < 4.78 is 19.1. The Morgan fingerprint density at radius 1 is 1.07 bits per heavy atom. The highest BCUT2D eigenvalue weighted by Crippen LogP contribution is 2.35. The third kappa shape index (κ3) is 4.82. The number of pyridine rings is 1. The molecule has 0 aliphatic rings. The second-order valence-electron chi connectivity index (χ2n) is 5.96. The van der Waals surface area contributed by atoms with E-state index >= 15 is 0 Å². The molecular formula is C20H13Cl2FN2O4. The van der Waals surface area contributed by atoms with Crippen LogP contribution in [0.1, 0.15) is 26.4 Å². The molecule has 3 aromatic rings. The molecule has 0 saturated carbocycles. The summed E-state index contributed by atoms with van der Waals surface area (Å²) in [5.41, 5.74) is 0.562. The number of anilines is 1. The van der Waals surface area contributed by atoms with E-state index < -0.39 is 17.7 Å². The molecule has 3 rings (SSSR count). The zero-order valence-corrected chi connectivity index (χ0v) is 16.4. The first-order chi connectivity index (χ1) is 13.7. The van der Waals surface area contributed by atoms with Crippen molar-refractivity contribution in [2.75, 3.05) is 5.32 Å². The van der Waals surface area contributed by atoms with Crippen LogP contribution in [0.15, 0.2) is 48.7 Å². The van der Waals surface area contributed by atoms with Crippen molar-refractivity contribution in [2.24, 2.45) is 0 Å². The smallest absolute Gasteiger partial charge is 0.354 e. The summed E-state index contributed by atoms with van der Waals surface area (Å²) in [4.78, 5) is 27.5. The number of amides is 1. The molecule has 0 fully saturated rings. The van der Waals surface area contributed by atoms with Gasteiger partial charge < -0.3 is 15.2 Å². The lowest BCUT2D eigenvalue weighted by atomic mass is 10.1. The predicted octanol–water partition coefficient (Wildman–Crippen LogP) is 5.58. The molecule has 1 heterocycles. The minimum absolute atomic E-state index is 0.0526. The van der Waals surface area contributed by atoms with Gasteiger partial charge in [0.1, 0.15) is 23.0 Å². The highest BCUT2D eigenvalue weighted by Gasteiger charge is 2.18. The molecule has 0 aliphatic carbocycles. The van der Waals surface area contributed by atoms with Gasteiger partial charge in [-0.2, -0.15) is 0 Å². The van der Waals surface area contributed by atoms with Crippen LogP contribution in [-0.4, -0.2) is 22.0 Å². The molecule has 2 N–H and O–H groups in total. The molecule has 0 spiro atoms. The number of carboxylic acid groups (broad SMARTS) is 1. The van der Waals surface area contributed by atoms with Crippen LogP contribution in [0.2, 0.25) is 10.0 Å². The van der Waals surface area contributed by atoms with E-state index in [9.17, 15) is 14.0 Å². The first-order valence-electron chi connectivity index (χ1n) is 8.18. The average molecular weight is 435 g/mol. The molecular weight excluding hydrogens is 422 g/mol. The second kappa shape index (κ2) is 8.46. The molecule has 0 saturated heterocycles. The summed E-state index contributed by atoms with van der Waals surface area (Å²) in [6.07, 6.45) is 1.26. The molecule has 2 aromatic carbocycles. The maximum Gasteiger partial charge on any atom is 0.354 e. The number of rotatable bonds is 5. The Bertz CT molecular complexity index is 1120. The first-order valence-corrected chi connectivity index (χ1v) is 8.94. The minimum atomic E-state index is -1.23. The third-order valence-electron chi connectivity index (χ3n) is 3.86. The predicted molar refractivity (Wildman–Crippen MR) is 107 cm³/mol. The van der Waals surface area contributed by atoms with Crippen LogP contribution in [0.4, 0.5) is 10.1 Å². The van der Waals surface area contributed by atoms with E-state index in [1.54, 1.807) is 6.92 Å². The Balaban J connectivity index is 1.95. The maximum absolute atomic E-state index is 13.3. The molecule has 29 heavy (non-hydrogen) atoms. The van der Waals surface area contributed by atoms with Crippen LogP contribution in [0.3, 0.4) is 0 Å². The number of hydrogen-bond acceptors (Lipinski definition) is 4. The normalized spacial score (nSPS) is 10.5. The third-order valence-corrected chi connectivity index (χ3v) is 4.58. The molecule has 0 radical (unpaired) electrons. The number of aromatic carboxylic acids is 1. The number of carbonyl (C=O) groups excluding carboxylic acids is 1. The quantitative estimate of drug-likeness (QED) is 0.547. The van der Waals surface area contributed by atoms with Crippen molar-refractivity contribution in [1.82, 2.24) is 4.98 Å². The van der Waals surface area contributed by atoms with Gasteiger partial charge in [0.25, 0.3) is 5.91 Å². The second-order valence-corrected chi connectivity index (χ2v) is 6.78. The monoisotopic (exact) mass is 434 g/mol.